The Bertz CT molecular complexity index is 1320. The fraction of sp³-hybridized carbons (Fsp3) is 0. The van der Waals surface area contributed by atoms with E-state index < -0.39 is 34.3 Å². The van der Waals surface area contributed by atoms with Gasteiger partial charge in [0.25, 0.3) is 5.56 Å². The van der Waals surface area contributed by atoms with Crippen LogP contribution >= 0.6 is 15.9 Å². The highest BCUT2D eigenvalue weighted by molar-refractivity contribution is 9.10. The summed E-state index contributed by atoms with van der Waals surface area (Å²) in [4.78, 5) is 26.8. The lowest BCUT2D eigenvalue weighted by atomic mass is 9.96. The number of carbonyl (C=O) groups excluding carboxylic acids is 1. The monoisotopic (exact) mass is 470 g/mol. The summed E-state index contributed by atoms with van der Waals surface area (Å²) in [5.74, 6) is -4.15. The van der Waals surface area contributed by atoms with Crippen molar-refractivity contribution in [2.24, 2.45) is 0 Å². The molecule has 148 valence electrons. The minimum atomic E-state index is -1.34. The molecule has 30 heavy (non-hydrogen) atoms. The van der Waals surface area contributed by atoms with Gasteiger partial charge in [-0.25, -0.2) is 13.6 Å². The number of nitrogens with two attached hydrogens (primary N) is 1. The highest BCUT2D eigenvalue weighted by Crippen LogP contribution is 2.37. The third-order valence-electron chi connectivity index (χ3n) is 4.05. The molecule has 0 aliphatic rings. The van der Waals surface area contributed by atoms with Gasteiger partial charge in [-0.05, 0) is 30.3 Å². The maximum atomic E-state index is 13.9. The summed E-state index contributed by atoms with van der Waals surface area (Å²) in [6.07, 6.45) is 0. The van der Waals surface area contributed by atoms with Crippen molar-refractivity contribution in [3.05, 3.63) is 79.5 Å². The molecule has 3 N–H and O–H groups in total. The zero-order chi connectivity index (χ0) is 22.0. The van der Waals surface area contributed by atoms with Gasteiger partial charge in [-0.1, -0.05) is 22.0 Å². The van der Waals surface area contributed by atoms with Crippen molar-refractivity contribution in [1.29, 1.82) is 10.5 Å². The Kier molecular flexibility index (Phi) is 5.63. The normalized spacial score (nSPS) is 10.2. The van der Waals surface area contributed by atoms with Crippen LogP contribution < -0.4 is 16.0 Å². The van der Waals surface area contributed by atoms with Gasteiger partial charge in [-0.2, -0.15) is 10.5 Å². The highest BCUT2D eigenvalue weighted by Gasteiger charge is 2.25. The van der Waals surface area contributed by atoms with E-state index in [-0.39, 0.29) is 28.3 Å². The van der Waals surface area contributed by atoms with Crippen LogP contribution in [-0.2, 0) is 0 Å². The number of pyridine rings is 1. The fourth-order valence-corrected chi connectivity index (χ4v) is 3.10. The van der Waals surface area contributed by atoms with Crippen molar-refractivity contribution in [2.45, 2.75) is 0 Å². The van der Waals surface area contributed by atoms with Gasteiger partial charge in [0.1, 0.15) is 52.0 Å². The van der Waals surface area contributed by atoms with E-state index in [1.807, 2.05) is 0 Å². The molecule has 0 amide bonds. The second-order valence-corrected chi connectivity index (χ2v) is 6.76. The van der Waals surface area contributed by atoms with Crippen LogP contribution in [0.5, 0.6) is 5.75 Å². The van der Waals surface area contributed by atoms with Crippen LogP contribution in [0.15, 0.2) is 45.7 Å². The molecule has 1 heterocycles. The summed E-state index contributed by atoms with van der Waals surface area (Å²) in [5, 5.41) is 18.9. The number of benzene rings is 2. The molecule has 0 unspecified atom stereocenters. The first kappa shape index (κ1) is 20.7. The van der Waals surface area contributed by atoms with Crippen LogP contribution in [0.2, 0.25) is 0 Å². The number of halogens is 3. The SMILES string of the molecule is N#Cc1c(N)[nH]c(=O)c(C#N)c1-c1cc(Br)ccc1OC(=O)c1c(F)cccc1F. The first-order valence-electron chi connectivity index (χ1n) is 8.10. The number of carbonyl (C=O) groups is 1. The Morgan fingerprint density at radius 1 is 1.10 bits per heavy atom. The third-order valence-corrected chi connectivity index (χ3v) is 4.54. The van der Waals surface area contributed by atoms with Crippen molar-refractivity contribution >= 4 is 27.7 Å². The number of esters is 1. The summed E-state index contributed by atoms with van der Waals surface area (Å²) in [6, 6.07) is 10.4. The fourth-order valence-electron chi connectivity index (χ4n) is 2.74. The van der Waals surface area contributed by atoms with Gasteiger partial charge in [0.15, 0.2) is 0 Å². The maximum Gasteiger partial charge on any atom is 0.349 e. The lowest BCUT2D eigenvalue weighted by Crippen LogP contribution is -2.17. The molecule has 0 saturated heterocycles. The molecule has 3 rings (SSSR count). The lowest BCUT2D eigenvalue weighted by Gasteiger charge is -2.14. The van der Waals surface area contributed by atoms with Gasteiger partial charge in [-0.15, -0.1) is 0 Å². The van der Waals surface area contributed by atoms with Crippen molar-refractivity contribution in [2.75, 3.05) is 5.73 Å². The zero-order valence-electron chi connectivity index (χ0n) is 14.8. The van der Waals surface area contributed by atoms with E-state index in [1.54, 1.807) is 12.1 Å². The molecule has 0 bridgehead atoms. The topological polar surface area (TPSA) is 133 Å². The quantitative estimate of drug-likeness (QED) is 0.443. The van der Waals surface area contributed by atoms with Crippen LogP contribution in [-0.4, -0.2) is 11.0 Å². The van der Waals surface area contributed by atoms with Gasteiger partial charge in [-0.3, -0.25) is 4.79 Å². The van der Waals surface area contributed by atoms with E-state index in [0.29, 0.717) is 4.47 Å². The molecule has 3 aromatic rings. The number of anilines is 1. The minimum absolute atomic E-state index is 0.0274. The number of nitrogen functional groups attached to an aromatic ring is 1. The van der Waals surface area contributed by atoms with Gasteiger partial charge in [0.05, 0.1) is 0 Å². The number of hydrogen-bond acceptors (Lipinski definition) is 6. The average molecular weight is 471 g/mol. The Morgan fingerprint density at radius 2 is 1.73 bits per heavy atom. The minimum Gasteiger partial charge on any atom is -0.422 e. The number of hydrogen-bond donors (Lipinski definition) is 2. The van der Waals surface area contributed by atoms with Crippen LogP contribution in [0, 0.1) is 34.3 Å². The zero-order valence-corrected chi connectivity index (χ0v) is 16.4. The second-order valence-electron chi connectivity index (χ2n) is 5.84. The molecule has 10 heteroatoms. The molecule has 0 radical (unpaired) electrons. The largest absolute Gasteiger partial charge is 0.422 e. The van der Waals surface area contributed by atoms with E-state index in [4.69, 9.17) is 10.5 Å². The summed E-state index contributed by atoms with van der Waals surface area (Å²) in [5.41, 5.74) is 3.03. The van der Waals surface area contributed by atoms with Crippen molar-refractivity contribution in [3.8, 4) is 29.0 Å². The number of aromatic nitrogens is 1. The first-order valence-corrected chi connectivity index (χ1v) is 8.89. The molecule has 0 atom stereocenters. The lowest BCUT2D eigenvalue weighted by molar-refractivity contribution is 0.0725. The van der Waals surface area contributed by atoms with Crippen molar-refractivity contribution in [3.63, 3.8) is 0 Å². The molecule has 0 aliphatic carbocycles. The van der Waals surface area contributed by atoms with Gasteiger partial charge < -0.3 is 15.5 Å². The predicted octanol–water partition coefficient (Wildman–Crippen LogP) is 3.63. The number of ether oxygens (including phenoxy) is 1. The summed E-state index contributed by atoms with van der Waals surface area (Å²) < 4.78 is 33.5. The van der Waals surface area contributed by atoms with E-state index in [2.05, 4.69) is 20.9 Å². The molecular weight excluding hydrogens is 462 g/mol. The molecule has 0 spiro atoms. The van der Waals surface area contributed by atoms with Gasteiger partial charge in [0, 0.05) is 15.6 Å². The van der Waals surface area contributed by atoms with Crippen LogP contribution in [0.25, 0.3) is 11.1 Å². The molecule has 0 aliphatic heterocycles. The Hall–Kier alpha value is -4.02. The van der Waals surface area contributed by atoms with Crippen molar-refractivity contribution < 1.29 is 18.3 Å². The van der Waals surface area contributed by atoms with Crippen molar-refractivity contribution in [1.82, 2.24) is 4.98 Å². The van der Waals surface area contributed by atoms with E-state index in [0.717, 1.165) is 18.2 Å². The Labute approximate surface area is 176 Å². The number of H-pyrrole nitrogens is 1. The summed E-state index contributed by atoms with van der Waals surface area (Å²) in [6.45, 7) is 0. The molecule has 2 aromatic carbocycles. The highest BCUT2D eigenvalue weighted by atomic mass is 79.9. The molecule has 1 aromatic heterocycles. The van der Waals surface area contributed by atoms with Gasteiger partial charge in [0.2, 0.25) is 0 Å². The second kappa shape index (κ2) is 8.15. The predicted molar refractivity (Wildman–Crippen MR) is 105 cm³/mol. The number of rotatable bonds is 3. The van der Waals surface area contributed by atoms with Crippen LogP contribution in [0.1, 0.15) is 21.5 Å². The summed E-state index contributed by atoms with van der Waals surface area (Å²) >= 11 is 3.21. The third kappa shape index (κ3) is 3.64. The molecule has 0 saturated carbocycles. The Morgan fingerprint density at radius 3 is 2.33 bits per heavy atom. The smallest absolute Gasteiger partial charge is 0.349 e. The Balaban J connectivity index is 2.25. The molecular formula is C20H9BrF2N4O3. The number of nitriles is 2. The first-order chi connectivity index (χ1) is 14.3. The van der Waals surface area contributed by atoms with E-state index in [1.165, 1.54) is 18.2 Å². The average Bonchev–Trinajstić information content (AvgIpc) is 2.68. The number of nitrogens with zero attached hydrogens (tertiary/aromatic N) is 2. The number of nitrogens with one attached hydrogen (secondary N) is 1. The van der Waals surface area contributed by atoms with E-state index >= 15 is 0 Å². The van der Waals surface area contributed by atoms with E-state index in [9.17, 15) is 28.9 Å². The summed E-state index contributed by atoms with van der Waals surface area (Å²) in [7, 11) is 0. The molecule has 0 fully saturated rings. The standard InChI is InChI=1S/C20H9BrF2N4O3/c21-9-4-5-15(30-20(29)17-13(22)2-1-3-14(17)23)10(6-9)16-11(7-24)18(26)27-19(28)12(16)8-25/h1-6H,(H3,26,27,28). The number of aromatic amines is 1. The van der Waals surface area contributed by atoms with Gasteiger partial charge >= 0.3 is 5.97 Å². The maximum absolute atomic E-state index is 13.9. The molecule has 7 nitrogen and oxygen atoms in total. The van der Waals surface area contributed by atoms with Crippen LogP contribution in [0.4, 0.5) is 14.6 Å². The van der Waals surface area contributed by atoms with Crippen LogP contribution in [0.3, 0.4) is 0 Å².